The first-order valence-electron chi connectivity index (χ1n) is 6.94. The molecular formula is C15H20F2N2O. The molecule has 1 fully saturated rings. The Morgan fingerprint density at radius 3 is 2.85 bits per heavy atom. The predicted octanol–water partition coefficient (Wildman–Crippen LogP) is 2.72. The first-order chi connectivity index (χ1) is 9.56. The van der Waals surface area contributed by atoms with Gasteiger partial charge in [-0.05, 0) is 25.0 Å². The van der Waals surface area contributed by atoms with Crippen LogP contribution in [0.3, 0.4) is 0 Å². The van der Waals surface area contributed by atoms with Crippen molar-refractivity contribution < 1.29 is 13.6 Å². The maximum absolute atomic E-state index is 12.6. The molecule has 1 unspecified atom stereocenters. The lowest BCUT2D eigenvalue weighted by molar-refractivity contribution is -0.127. The monoisotopic (exact) mass is 282 g/mol. The fraction of sp³-hybridized carbons (Fsp3) is 0.533. The Morgan fingerprint density at radius 1 is 1.40 bits per heavy atom. The highest BCUT2D eigenvalue weighted by Crippen LogP contribution is 2.19. The number of amides is 1. The van der Waals surface area contributed by atoms with Crippen LogP contribution in [0.2, 0.25) is 0 Å². The molecule has 1 aliphatic heterocycles. The van der Waals surface area contributed by atoms with Gasteiger partial charge in [-0.1, -0.05) is 18.2 Å². The Labute approximate surface area is 118 Å². The number of benzene rings is 1. The number of nitrogens with zero attached hydrogens (tertiary/aromatic N) is 1. The van der Waals surface area contributed by atoms with Gasteiger partial charge in [-0.15, -0.1) is 0 Å². The van der Waals surface area contributed by atoms with E-state index in [1.807, 2.05) is 17.9 Å². The summed E-state index contributed by atoms with van der Waals surface area (Å²) < 4.78 is 25.2. The number of nitrogens with one attached hydrogen (secondary N) is 1. The minimum atomic E-state index is -2.44. The maximum Gasteiger partial charge on any atom is 0.263 e. The quantitative estimate of drug-likeness (QED) is 0.870. The third-order valence-corrected chi connectivity index (χ3v) is 3.52. The average Bonchev–Trinajstić information content (AvgIpc) is 2.82. The molecule has 1 amide bonds. The van der Waals surface area contributed by atoms with Crippen LogP contribution in [-0.4, -0.2) is 29.9 Å². The summed E-state index contributed by atoms with van der Waals surface area (Å²) in [4.78, 5) is 13.4. The van der Waals surface area contributed by atoms with Gasteiger partial charge in [0, 0.05) is 37.7 Å². The molecule has 1 atom stereocenters. The first-order valence-corrected chi connectivity index (χ1v) is 6.94. The number of halogens is 2. The summed E-state index contributed by atoms with van der Waals surface area (Å²) in [5, 5.41) is 3.27. The highest BCUT2D eigenvalue weighted by Gasteiger charge is 2.21. The van der Waals surface area contributed by atoms with Crippen molar-refractivity contribution in [2.75, 3.05) is 13.1 Å². The van der Waals surface area contributed by atoms with E-state index in [0.717, 1.165) is 18.5 Å². The molecule has 0 saturated carbocycles. The molecule has 1 aliphatic rings. The van der Waals surface area contributed by atoms with Gasteiger partial charge in [0.2, 0.25) is 5.91 Å². The predicted molar refractivity (Wildman–Crippen MR) is 73.5 cm³/mol. The Balaban J connectivity index is 1.82. The molecule has 0 aromatic heterocycles. The summed E-state index contributed by atoms with van der Waals surface area (Å²) in [6, 6.07) is 6.57. The molecule has 5 heteroatoms. The highest BCUT2D eigenvalue weighted by molar-refractivity contribution is 5.78. The van der Waals surface area contributed by atoms with Crippen LogP contribution >= 0.6 is 0 Å². The number of carbonyl (C=O) groups excluding carboxylic acids is 1. The number of alkyl halides is 2. The standard InChI is InChI=1S/C15H20F2N2O/c1-11(10-19-7-3-6-14(19)20)18-9-12-4-2-5-13(8-12)15(16)17/h2,4-5,8,11,15,18H,3,6-7,9-10H2,1H3. The van der Waals surface area contributed by atoms with Gasteiger partial charge < -0.3 is 10.2 Å². The Bertz CT molecular complexity index is 465. The van der Waals surface area contributed by atoms with Crippen molar-refractivity contribution in [1.29, 1.82) is 0 Å². The van der Waals surface area contributed by atoms with E-state index in [-0.39, 0.29) is 17.5 Å². The van der Waals surface area contributed by atoms with Gasteiger partial charge >= 0.3 is 0 Å². The van der Waals surface area contributed by atoms with Gasteiger partial charge in [0.1, 0.15) is 0 Å². The van der Waals surface area contributed by atoms with Crippen LogP contribution in [0.5, 0.6) is 0 Å². The first kappa shape index (κ1) is 14.9. The van der Waals surface area contributed by atoms with Gasteiger partial charge in [-0.3, -0.25) is 4.79 Å². The van der Waals surface area contributed by atoms with E-state index in [4.69, 9.17) is 0 Å². The van der Waals surface area contributed by atoms with Crippen molar-refractivity contribution in [3.05, 3.63) is 35.4 Å². The second-order valence-electron chi connectivity index (χ2n) is 5.27. The van der Waals surface area contributed by atoms with Crippen LogP contribution in [0.25, 0.3) is 0 Å². The summed E-state index contributed by atoms with van der Waals surface area (Å²) in [6.45, 7) is 4.03. The minimum absolute atomic E-state index is 0.0478. The lowest BCUT2D eigenvalue weighted by Crippen LogP contribution is -2.39. The van der Waals surface area contributed by atoms with Crippen molar-refractivity contribution in [3.8, 4) is 0 Å². The zero-order valence-corrected chi connectivity index (χ0v) is 11.6. The lowest BCUT2D eigenvalue weighted by atomic mass is 10.1. The summed E-state index contributed by atoms with van der Waals surface area (Å²) in [5.74, 6) is 0.207. The molecule has 3 nitrogen and oxygen atoms in total. The average molecular weight is 282 g/mol. The van der Waals surface area contributed by atoms with Crippen molar-refractivity contribution in [1.82, 2.24) is 10.2 Å². The van der Waals surface area contributed by atoms with Gasteiger partial charge in [-0.2, -0.15) is 0 Å². The van der Waals surface area contributed by atoms with E-state index in [1.54, 1.807) is 6.07 Å². The van der Waals surface area contributed by atoms with Gasteiger partial charge in [0.15, 0.2) is 0 Å². The second-order valence-corrected chi connectivity index (χ2v) is 5.27. The molecule has 0 radical (unpaired) electrons. The summed E-state index contributed by atoms with van der Waals surface area (Å²) in [5.41, 5.74) is 0.883. The van der Waals surface area contributed by atoms with Crippen LogP contribution in [-0.2, 0) is 11.3 Å². The molecule has 1 aromatic carbocycles. The summed E-state index contributed by atoms with van der Waals surface area (Å²) in [6.07, 6.45) is -0.861. The Hall–Kier alpha value is -1.49. The molecule has 1 saturated heterocycles. The number of hydrogen-bond acceptors (Lipinski definition) is 2. The van der Waals surface area contributed by atoms with E-state index in [1.165, 1.54) is 12.1 Å². The van der Waals surface area contributed by atoms with Crippen molar-refractivity contribution in [3.63, 3.8) is 0 Å². The molecular weight excluding hydrogens is 262 g/mol. The summed E-state index contributed by atoms with van der Waals surface area (Å²) in [7, 11) is 0. The SMILES string of the molecule is CC(CN1CCCC1=O)NCc1cccc(C(F)F)c1. The van der Waals surface area contributed by atoms with E-state index in [0.29, 0.717) is 19.5 Å². The van der Waals surface area contributed by atoms with Crippen molar-refractivity contribution in [2.24, 2.45) is 0 Å². The highest BCUT2D eigenvalue weighted by atomic mass is 19.3. The molecule has 1 heterocycles. The van der Waals surface area contributed by atoms with E-state index in [2.05, 4.69) is 5.32 Å². The normalized spacial score (nSPS) is 17.0. The third kappa shape index (κ3) is 4.00. The van der Waals surface area contributed by atoms with E-state index in [9.17, 15) is 13.6 Å². The largest absolute Gasteiger partial charge is 0.341 e. The molecule has 0 spiro atoms. The zero-order valence-electron chi connectivity index (χ0n) is 11.6. The minimum Gasteiger partial charge on any atom is -0.341 e. The molecule has 20 heavy (non-hydrogen) atoms. The molecule has 2 rings (SSSR count). The lowest BCUT2D eigenvalue weighted by Gasteiger charge is -2.21. The third-order valence-electron chi connectivity index (χ3n) is 3.52. The molecule has 0 aliphatic carbocycles. The molecule has 0 bridgehead atoms. The Kier molecular flexibility index (Phi) is 5.06. The topological polar surface area (TPSA) is 32.3 Å². The van der Waals surface area contributed by atoms with Crippen molar-refractivity contribution >= 4 is 5.91 Å². The zero-order chi connectivity index (χ0) is 14.5. The van der Waals surface area contributed by atoms with E-state index < -0.39 is 6.43 Å². The molecule has 1 N–H and O–H groups in total. The number of likely N-dealkylation sites (tertiary alicyclic amines) is 1. The van der Waals surface area contributed by atoms with Gasteiger partial charge in [0.25, 0.3) is 6.43 Å². The number of carbonyl (C=O) groups is 1. The van der Waals surface area contributed by atoms with Crippen LogP contribution < -0.4 is 5.32 Å². The van der Waals surface area contributed by atoms with Crippen molar-refractivity contribution in [2.45, 2.75) is 38.8 Å². The number of rotatable bonds is 6. The molecule has 1 aromatic rings. The van der Waals surface area contributed by atoms with Gasteiger partial charge in [-0.25, -0.2) is 8.78 Å². The van der Waals surface area contributed by atoms with Crippen LogP contribution in [0.4, 0.5) is 8.78 Å². The summed E-state index contributed by atoms with van der Waals surface area (Å²) >= 11 is 0. The van der Waals surface area contributed by atoms with Crippen LogP contribution in [0.15, 0.2) is 24.3 Å². The smallest absolute Gasteiger partial charge is 0.263 e. The van der Waals surface area contributed by atoms with Gasteiger partial charge in [0.05, 0.1) is 0 Å². The fourth-order valence-corrected chi connectivity index (χ4v) is 2.42. The fourth-order valence-electron chi connectivity index (χ4n) is 2.42. The second kappa shape index (κ2) is 6.79. The Morgan fingerprint density at radius 2 is 2.20 bits per heavy atom. The van der Waals surface area contributed by atoms with Crippen LogP contribution in [0.1, 0.15) is 37.3 Å². The van der Waals surface area contributed by atoms with Crippen LogP contribution in [0, 0.1) is 0 Å². The van der Waals surface area contributed by atoms with E-state index >= 15 is 0 Å². The maximum atomic E-state index is 12.6. The number of hydrogen-bond donors (Lipinski definition) is 1. The molecule has 110 valence electrons.